The number of aliphatic hydroxyl groups excluding tert-OH is 1. The number of ether oxygens (including phenoxy) is 1. The van der Waals surface area contributed by atoms with Gasteiger partial charge in [0.2, 0.25) is 0 Å². The van der Waals surface area contributed by atoms with Crippen molar-refractivity contribution in [3.8, 4) is 0 Å². The fraction of sp³-hybridized carbons (Fsp3) is 0.667. The summed E-state index contributed by atoms with van der Waals surface area (Å²) in [6, 6.07) is 8.46. The zero-order valence-corrected chi connectivity index (χ0v) is 14.1. The highest BCUT2D eigenvalue weighted by molar-refractivity contribution is 5.25. The Morgan fingerprint density at radius 1 is 1.32 bits per heavy atom. The second-order valence-electron chi connectivity index (χ2n) is 6.45. The zero-order valence-electron chi connectivity index (χ0n) is 14.1. The molecule has 4 heteroatoms. The molecular formula is C18H30N2O2. The van der Waals surface area contributed by atoms with Crippen molar-refractivity contribution in [2.45, 2.75) is 52.0 Å². The van der Waals surface area contributed by atoms with E-state index in [1.165, 1.54) is 5.56 Å². The molecule has 1 heterocycles. The van der Waals surface area contributed by atoms with Crippen molar-refractivity contribution in [1.82, 2.24) is 10.2 Å². The van der Waals surface area contributed by atoms with Gasteiger partial charge in [0.15, 0.2) is 0 Å². The molecular weight excluding hydrogens is 276 g/mol. The minimum absolute atomic E-state index is 0.105. The summed E-state index contributed by atoms with van der Waals surface area (Å²) >= 11 is 0. The molecule has 0 radical (unpaired) electrons. The first-order valence-electron chi connectivity index (χ1n) is 8.39. The van der Waals surface area contributed by atoms with Crippen molar-refractivity contribution >= 4 is 0 Å². The highest BCUT2D eigenvalue weighted by Crippen LogP contribution is 2.14. The van der Waals surface area contributed by atoms with Crippen LogP contribution < -0.4 is 5.32 Å². The second-order valence-corrected chi connectivity index (χ2v) is 6.45. The smallest absolute Gasteiger partial charge is 0.0681 e. The quantitative estimate of drug-likeness (QED) is 0.759. The minimum Gasteiger partial charge on any atom is -0.392 e. The SMILES string of the molecule is CC1CN(CCCNC(C)c2cccc(CO)c2)CC(C)O1. The predicted molar refractivity (Wildman–Crippen MR) is 89.8 cm³/mol. The Kier molecular flexibility index (Phi) is 6.83. The Labute approximate surface area is 134 Å². The number of hydrogen-bond donors (Lipinski definition) is 2. The van der Waals surface area contributed by atoms with Crippen LogP contribution in [0.1, 0.15) is 44.4 Å². The molecule has 4 nitrogen and oxygen atoms in total. The number of benzene rings is 1. The molecule has 3 unspecified atom stereocenters. The number of nitrogens with one attached hydrogen (secondary N) is 1. The molecule has 0 saturated carbocycles. The largest absolute Gasteiger partial charge is 0.392 e. The van der Waals surface area contributed by atoms with Gasteiger partial charge in [0, 0.05) is 19.1 Å². The molecule has 1 saturated heterocycles. The molecule has 1 aromatic carbocycles. The van der Waals surface area contributed by atoms with Gasteiger partial charge in [-0.15, -0.1) is 0 Å². The number of nitrogens with zero attached hydrogens (tertiary/aromatic N) is 1. The summed E-state index contributed by atoms with van der Waals surface area (Å²) in [5, 5.41) is 12.8. The first-order chi connectivity index (χ1) is 10.6. The lowest BCUT2D eigenvalue weighted by Crippen LogP contribution is -2.46. The predicted octanol–water partition coefficient (Wildman–Crippen LogP) is 2.33. The average Bonchev–Trinajstić information content (AvgIpc) is 2.50. The molecule has 3 atom stereocenters. The molecule has 1 aliphatic heterocycles. The van der Waals surface area contributed by atoms with Crippen LogP contribution in [0.3, 0.4) is 0 Å². The van der Waals surface area contributed by atoms with Crippen LogP contribution in [-0.4, -0.2) is 48.4 Å². The molecule has 1 fully saturated rings. The number of rotatable bonds is 7. The third kappa shape index (κ3) is 5.36. The van der Waals surface area contributed by atoms with E-state index in [1.807, 2.05) is 12.1 Å². The zero-order chi connectivity index (χ0) is 15.9. The third-order valence-corrected chi connectivity index (χ3v) is 4.23. The number of morpholine rings is 1. The van der Waals surface area contributed by atoms with Gasteiger partial charge in [-0.1, -0.05) is 24.3 Å². The topological polar surface area (TPSA) is 44.7 Å². The molecule has 2 rings (SSSR count). The molecule has 0 bridgehead atoms. The lowest BCUT2D eigenvalue weighted by atomic mass is 10.1. The van der Waals surface area contributed by atoms with E-state index in [4.69, 9.17) is 4.74 Å². The van der Waals surface area contributed by atoms with E-state index in [0.29, 0.717) is 18.2 Å². The Bertz CT molecular complexity index is 442. The highest BCUT2D eigenvalue weighted by atomic mass is 16.5. The summed E-state index contributed by atoms with van der Waals surface area (Å²) in [7, 11) is 0. The average molecular weight is 306 g/mol. The molecule has 0 aliphatic carbocycles. The van der Waals surface area contributed by atoms with Crippen LogP contribution in [0, 0.1) is 0 Å². The van der Waals surface area contributed by atoms with Gasteiger partial charge in [-0.25, -0.2) is 0 Å². The third-order valence-electron chi connectivity index (χ3n) is 4.23. The molecule has 0 spiro atoms. The summed E-state index contributed by atoms with van der Waals surface area (Å²) in [5.74, 6) is 0. The van der Waals surface area contributed by atoms with Gasteiger partial charge in [-0.3, -0.25) is 4.90 Å². The van der Waals surface area contributed by atoms with E-state index in [1.54, 1.807) is 0 Å². The summed E-state index contributed by atoms with van der Waals surface area (Å²) in [6.07, 6.45) is 1.83. The van der Waals surface area contributed by atoms with Crippen molar-refractivity contribution in [3.05, 3.63) is 35.4 Å². The number of aliphatic hydroxyl groups is 1. The first kappa shape index (κ1) is 17.4. The fourth-order valence-corrected chi connectivity index (χ4v) is 3.17. The van der Waals surface area contributed by atoms with E-state index in [-0.39, 0.29) is 6.61 Å². The maximum Gasteiger partial charge on any atom is 0.0681 e. The van der Waals surface area contributed by atoms with Crippen molar-refractivity contribution < 1.29 is 9.84 Å². The summed E-state index contributed by atoms with van der Waals surface area (Å²) in [4.78, 5) is 2.50. The molecule has 124 valence electrons. The van der Waals surface area contributed by atoms with E-state index < -0.39 is 0 Å². The Hall–Kier alpha value is -0.940. The van der Waals surface area contributed by atoms with E-state index >= 15 is 0 Å². The minimum atomic E-state index is 0.105. The normalized spacial score (nSPS) is 24.4. The summed E-state index contributed by atoms with van der Waals surface area (Å²) in [6.45, 7) is 10.8. The van der Waals surface area contributed by atoms with Gasteiger partial charge in [-0.2, -0.15) is 0 Å². The second kappa shape index (κ2) is 8.63. The summed E-state index contributed by atoms with van der Waals surface area (Å²) < 4.78 is 5.76. The van der Waals surface area contributed by atoms with Crippen LogP contribution >= 0.6 is 0 Å². The van der Waals surface area contributed by atoms with Crippen LogP contribution in [0.5, 0.6) is 0 Å². The molecule has 2 N–H and O–H groups in total. The van der Waals surface area contributed by atoms with Gasteiger partial charge < -0.3 is 15.2 Å². The van der Waals surface area contributed by atoms with Gasteiger partial charge in [0.05, 0.1) is 18.8 Å². The molecule has 0 aromatic heterocycles. The van der Waals surface area contributed by atoms with Gasteiger partial charge in [-0.05, 0) is 51.4 Å². The van der Waals surface area contributed by atoms with Crippen LogP contribution in [0.4, 0.5) is 0 Å². The first-order valence-corrected chi connectivity index (χ1v) is 8.39. The van der Waals surface area contributed by atoms with E-state index in [2.05, 4.69) is 43.1 Å². The molecule has 22 heavy (non-hydrogen) atoms. The monoisotopic (exact) mass is 306 g/mol. The van der Waals surface area contributed by atoms with Crippen molar-refractivity contribution in [1.29, 1.82) is 0 Å². The van der Waals surface area contributed by atoms with Crippen molar-refractivity contribution in [3.63, 3.8) is 0 Å². The Morgan fingerprint density at radius 2 is 2.05 bits per heavy atom. The maximum atomic E-state index is 9.21. The maximum absolute atomic E-state index is 9.21. The number of hydrogen-bond acceptors (Lipinski definition) is 4. The molecule has 0 amide bonds. The van der Waals surface area contributed by atoms with E-state index in [9.17, 15) is 5.11 Å². The lowest BCUT2D eigenvalue weighted by Gasteiger charge is -2.35. The lowest BCUT2D eigenvalue weighted by molar-refractivity contribution is -0.0680. The molecule has 1 aliphatic rings. The standard InChI is InChI=1S/C18H30N2O2/c1-14-11-20(12-15(2)22-14)9-5-8-19-16(3)18-7-4-6-17(10-18)13-21/h4,6-7,10,14-16,19,21H,5,8-9,11-13H2,1-3H3. The van der Waals surface area contributed by atoms with Gasteiger partial charge in [0.25, 0.3) is 0 Å². The Morgan fingerprint density at radius 3 is 2.73 bits per heavy atom. The fourth-order valence-electron chi connectivity index (χ4n) is 3.17. The van der Waals surface area contributed by atoms with E-state index in [0.717, 1.165) is 38.2 Å². The molecule has 1 aromatic rings. The van der Waals surface area contributed by atoms with Crippen molar-refractivity contribution in [2.24, 2.45) is 0 Å². The van der Waals surface area contributed by atoms with Crippen LogP contribution in [0.25, 0.3) is 0 Å². The van der Waals surface area contributed by atoms with Gasteiger partial charge >= 0.3 is 0 Å². The highest BCUT2D eigenvalue weighted by Gasteiger charge is 2.21. The van der Waals surface area contributed by atoms with Crippen LogP contribution in [-0.2, 0) is 11.3 Å². The Balaban J connectivity index is 1.69. The van der Waals surface area contributed by atoms with Crippen LogP contribution in [0.15, 0.2) is 24.3 Å². The summed E-state index contributed by atoms with van der Waals surface area (Å²) in [5.41, 5.74) is 2.21. The van der Waals surface area contributed by atoms with Crippen molar-refractivity contribution in [2.75, 3.05) is 26.2 Å². The van der Waals surface area contributed by atoms with Crippen LogP contribution in [0.2, 0.25) is 0 Å². The van der Waals surface area contributed by atoms with Gasteiger partial charge in [0.1, 0.15) is 0 Å².